The van der Waals surface area contributed by atoms with E-state index in [0.717, 1.165) is 0 Å². The minimum atomic E-state index is -0.592. The fourth-order valence-electron chi connectivity index (χ4n) is 1.88. The van der Waals surface area contributed by atoms with Crippen LogP contribution in [0.3, 0.4) is 0 Å². The van der Waals surface area contributed by atoms with Gasteiger partial charge in [0.1, 0.15) is 22.9 Å². The van der Waals surface area contributed by atoms with Gasteiger partial charge in [-0.25, -0.2) is 4.39 Å². The molecule has 0 bridgehead atoms. The maximum absolute atomic E-state index is 13.9. The van der Waals surface area contributed by atoms with Gasteiger partial charge in [0.15, 0.2) is 0 Å². The van der Waals surface area contributed by atoms with Crippen molar-refractivity contribution in [3.63, 3.8) is 0 Å². The Hall–Kier alpha value is -1.88. The lowest BCUT2D eigenvalue weighted by molar-refractivity contribution is 0.102. The van der Waals surface area contributed by atoms with Crippen molar-refractivity contribution in [1.29, 1.82) is 0 Å². The minimum absolute atomic E-state index is 0.0397. The summed E-state index contributed by atoms with van der Waals surface area (Å²) in [5, 5.41) is 0. The molecule has 0 spiro atoms. The van der Waals surface area contributed by atoms with Crippen LogP contribution >= 0.6 is 15.9 Å². The largest absolute Gasteiger partial charge is 0.496 e. The van der Waals surface area contributed by atoms with E-state index in [1.165, 1.54) is 32.4 Å². The monoisotopic (exact) mass is 338 g/mol. The Bertz CT molecular complexity index is 633. The third-order valence-corrected chi connectivity index (χ3v) is 3.32. The summed E-state index contributed by atoms with van der Waals surface area (Å²) in [6.07, 6.45) is 0. The quantitative estimate of drug-likeness (QED) is 0.794. The molecule has 3 nitrogen and oxygen atoms in total. The van der Waals surface area contributed by atoms with Crippen molar-refractivity contribution in [1.82, 2.24) is 0 Å². The van der Waals surface area contributed by atoms with Crippen LogP contribution in [0.4, 0.5) is 4.39 Å². The van der Waals surface area contributed by atoms with Crippen LogP contribution in [-0.4, -0.2) is 20.0 Å². The van der Waals surface area contributed by atoms with Crippen LogP contribution in [0.5, 0.6) is 11.5 Å². The second-order valence-corrected chi connectivity index (χ2v) is 4.91. The summed E-state index contributed by atoms with van der Waals surface area (Å²) >= 11 is 3.23. The van der Waals surface area contributed by atoms with Gasteiger partial charge in [-0.05, 0) is 30.3 Å². The zero-order valence-electron chi connectivity index (χ0n) is 10.9. The number of ketones is 1. The number of methoxy groups -OCH3 is 2. The number of hydrogen-bond donors (Lipinski definition) is 0. The van der Waals surface area contributed by atoms with Gasteiger partial charge in [-0.2, -0.15) is 0 Å². The van der Waals surface area contributed by atoms with Crippen molar-refractivity contribution < 1.29 is 18.7 Å². The third kappa shape index (κ3) is 2.67. The molecule has 0 atom stereocenters. The Morgan fingerprint density at radius 3 is 2.25 bits per heavy atom. The molecule has 0 aliphatic heterocycles. The zero-order valence-corrected chi connectivity index (χ0v) is 12.5. The van der Waals surface area contributed by atoms with Crippen molar-refractivity contribution in [3.8, 4) is 11.5 Å². The van der Waals surface area contributed by atoms with Crippen LogP contribution < -0.4 is 9.47 Å². The molecule has 0 N–H and O–H groups in total. The third-order valence-electron chi connectivity index (χ3n) is 2.83. The molecule has 104 valence electrons. The van der Waals surface area contributed by atoms with Crippen LogP contribution in [-0.2, 0) is 0 Å². The number of carbonyl (C=O) groups is 1. The molecule has 2 rings (SSSR count). The smallest absolute Gasteiger partial charge is 0.203 e. The van der Waals surface area contributed by atoms with E-state index < -0.39 is 11.6 Å². The van der Waals surface area contributed by atoms with Crippen molar-refractivity contribution >= 4 is 21.7 Å². The van der Waals surface area contributed by atoms with E-state index in [2.05, 4.69) is 15.9 Å². The molecule has 0 unspecified atom stereocenters. The van der Waals surface area contributed by atoms with E-state index >= 15 is 0 Å². The van der Waals surface area contributed by atoms with Crippen LogP contribution in [0.2, 0.25) is 0 Å². The first-order valence-corrected chi connectivity index (χ1v) is 6.58. The first-order chi connectivity index (χ1) is 9.58. The molecular weight excluding hydrogens is 327 g/mol. The molecule has 0 saturated heterocycles. The van der Waals surface area contributed by atoms with Gasteiger partial charge in [-0.15, -0.1) is 0 Å². The van der Waals surface area contributed by atoms with Crippen LogP contribution in [0.25, 0.3) is 0 Å². The predicted octanol–water partition coefficient (Wildman–Crippen LogP) is 3.84. The lowest BCUT2D eigenvalue weighted by Crippen LogP contribution is -2.08. The first kappa shape index (κ1) is 14.5. The summed E-state index contributed by atoms with van der Waals surface area (Å²) < 4.78 is 24.8. The zero-order chi connectivity index (χ0) is 14.7. The number of rotatable bonds is 4. The summed E-state index contributed by atoms with van der Waals surface area (Å²) in [7, 11) is 2.89. The van der Waals surface area contributed by atoms with Crippen LogP contribution in [0, 0.1) is 5.82 Å². The van der Waals surface area contributed by atoms with Crippen molar-refractivity contribution in [3.05, 3.63) is 57.8 Å². The Morgan fingerprint density at radius 2 is 1.70 bits per heavy atom. The minimum Gasteiger partial charge on any atom is -0.496 e. The standard InChI is InChI=1S/C15H12BrFO3/c1-19-12-4-3-5-13(20-2)14(12)15(18)10-8-9(16)6-7-11(10)17/h3-8H,1-2H3. The van der Waals surface area contributed by atoms with Gasteiger partial charge in [0.25, 0.3) is 0 Å². The van der Waals surface area contributed by atoms with Crippen molar-refractivity contribution in [2.24, 2.45) is 0 Å². The summed E-state index contributed by atoms with van der Waals surface area (Å²) in [4.78, 5) is 12.6. The van der Waals surface area contributed by atoms with Gasteiger partial charge < -0.3 is 9.47 Å². The topological polar surface area (TPSA) is 35.5 Å². The number of carbonyl (C=O) groups excluding carboxylic acids is 1. The molecule has 2 aromatic carbocycles. The second-order valence-electron chi connectivity index (χ2n) is 3.99. The van der Waals surface area contributed by atoms with Crippen LogP contribution in [0.15, 0.2) is 40.9 Å². The average molecular weight is 339 g/mol. The number of benzene rings is 2. The summed E-state index contributed by atoms with van der Waals surface area (Å²) in [6, 6.07) is 9.16. The molecule has 0 fully saturated rings. The number of ether oxygens (including phenoxy) is 2. The molecule has 0 radical (unpaired) electrons. The Labute approximate surface area is 124 Å². The highest BCUT2D eigenvalue weighted by atomic mass is 79.9. The molecule has 0 saturated carbocycles. The van der Waals surface area contributed by atoms with Crippen molar-refractivity contribution in [2.45, 2.75) is 0 Å². The molecule has 0 aliphatic carbocycles. The van der Waals surface area contributed by atoms with E-state index in [1.54, 1.807) is 18.2 Å². The van der Waals surface area contributed by atoms with Crippen LogP contribution in [0.1, 0.15) is 15.9 Å². The normalized spacial score (nSPS) is 10.2. The maximum Gasteiger partial charge on any atom is 0.203 e. The highest BCUT2D eigenvalue weighted by molar-refractivity contribution is 9.10. The Balaban J connectivity index is 2.61. The summed E-state index contributed by atoms with van der Waals surface area (Å²) in [6.45, 7) is 0. The highest BCUT2D eigenvalue weighted by Gasteiger charge is 2.22. The molecule has 0 aromatic heterocycles. The van der Waals surface area contributed by atoms with E-state index in [0.29, 0.717) is 16.0 Å². The Kier molecular flexibility index (Phi) is 4.39. The predicted molar refractivity (Wildman–Crippen MR) is 77.1 cm³/mol. The molecule has 20 heavy (non-hydrogen) atoms. The van der Waals surface area contributed by atoms with Gasteiger partial charge in [-0.1, -0.05) is 22.0 Å². The fourth-order valence-corrected chi connectivity index (χ4v) is 2.24. The van der Waals surface area contributed by atoms with E-state index in [9.17, 15) is 9.18 Å². The lowest BCUT2D eigenvalue weighted by atomic mass is 10.0. The van der Waals surface area contributed by atoms with E-state index in [1.807, 2.05) is 0 Å². The fraction of sp³-hybridized carbons (Fsp3) is 0.133. The first-order valence-electron chi connectivity index (χ1n) is 5.79. The molecular formula is C15H12BrFO3. The van der Waals surface area contributed by atoms with Gasteiger partial charge in [0, 0.05) is 4.47 Å². The highest BCUT2D eigenvalue weighted by Crippen LogP contribution is 2.31. The SMILES string of the molecule is COc1cccc(OC)c1C(=O)c1cc(Br)ccc1F. The number of halogens is 2. The van der Waals surface area contributed by atoms with E-state index in [-0.39, 0.29) is 11.1 Å². The van der Waals surface area contributed by atoms with E-state index in [4.69, 9.17) is 9.47 Å². The average Bonchev–Trinajstić information content (AvgIpc) is 2.48. The van der Waals surface area contributed by atoms with Crippen molar-refractivity contribution in [2.75, 3.05) is 14.2 Å². The molecule has 0 aliphatic rings. The van der Waals surface area contributed by atoms with Gasteiger partial charge in [0.05, 0.1) is 19.8 Å². The van der Waals surface area contributed by atoms with Gasteiger partial charge >= 0.3 is 0 Å². The van der Waals surface area contributed by atoms with Gasteiger partial charge in [-0.3, -0.25) is 4.79 Å². The Morgan fingerprint density at radius 1 is 1.10 bits per heavy atom. The number of hydrogen-bond acceptors (Lipinski definition) is 3. The second kappa shape index (κ2) is 6.05. The molecule has 5 heteroatoms. The molecule has 0 amide bonds. The summed E-state index contributed by atoms with van der Waals surface area (Å²) in [5.74, 6) is -0.397. The maximum atomic E-state index is 13.9. The molecule has 0 heterocycles. The molecule has 2 aromatic rings. The lowest BCUT2D eigenvalue weighted by Gasteiger charge is -2.12. The van der Waals surface area contributed by atoms with Gasteiger partial charge in [0.2, 0.25) is 5.78 Å². The summed E-state index contributed by atoms with van der Waals surface area (Å²) in [5.41, 5.74) is 0.164.